The highest BCUT2D eigenvalue weighted by atomic mass is 32.1. The minimum absolute atomic E-state index is 0.452. The summed E-state index contributed by atoms with van der Waals surface area (Å²) in [6.07, 6.45) is 3.66. The number of carbonyl (C=O) groups excluding carboxylic acids is 1. The molecule has 1 amide bonds. The van der Waals surface area contributed by atoms with Crippen LogP contribution in [0.1, 0.15) is 22.8 Å². The number of hydrogen-bond acceptors (Lipinski definition) is 5. The van der Waals surface area contributed by atoms with Crippen LogP contribution in [-0.2, 0) is 6.42 Å². The van der Waals surface area contributed by atoms with Crippen molar-refractivity contribution in [1.29, 1.82) is 0 Å². The molecule has 1 aliphatic rings. The minimum Gasteiger partial charge on any atom is -0.398 e. The van der Waals surface area contributed by atoms with Crippen LogP contribution >= 0.6 is 18.8 Å². The number of anilines is 1. The maximum absolute atomic E-state index is 12.2. The fraction of sp³-hybridized carbons (Fsp3) is 0.320. The van der Waals surface area contributed by atoms with Crippen molar-refractivity contribution in [2.45, 2.75) is 13.3 Å². The summed E-state index contributed by atoms with van der Waals surface area (Å²) in [6.45, 7) is 4.95. The normalized spacial score (nSPS) is 16.2. The number of hydrogen-bond donors (Lipinski definition) is 3. The van der Waals surface area contributed by atoms with E-state index < -0.39 is 13.4 Å². The van der Waals surface area contributed by atoms with E-state index >= 15 is 0 Å². The minimum atomic E-state index is -1.68. The van der Waals surface area contributed by atoms with Crippen LogP contribution in [0.25, 0.3) is 21.6 Å². The Morgan fingerprint density at radius 3 is 2.56 bits per heavy atom. The lowest BCUT2D eigenvalue weighted by molar-refractivity contribution is 0.100. The van der Waals surface area contributed by atoms with Crippen molar-refractivity contribution in [2.24, 2.45) is 5.73 Å². The van der Waals surface area contributed by atoms with Gasteiger partial charge < -0.3 is 21.3 Å². The summed E-state index contributed by atoms with van der Waals surface area (Å²) < 4.78 is 0. The van der Waals surface area contributed by atoms with Crippen molar-refractivity contribution in [3.63, 3.8) is 0 Å². The van der Waals surface area contributed by atoms with Crippen LogP contribution in [-0.4, -0.2) is 53.8 Å². The van der Waals surface area contributed by atoms with E-state index in [0.717, 1.165) is 71.7 Å². The van der Waals surface area contributed by atoms with Gasteiger partial charge in [-0.2, -0.15) is 0 Å². The van der Waals surface area contributed by atoms with Gasteiger partial charge in [0, 0.05) is 41.3 Å². The van der Waals surface area contributed by atoms with Crippen molar-refractivity contribution in [1.82, 2.24) is 4.90 Å². The lowest BCUT2D eigenvalue weighted by Gasteiger charge is -2.39. The Morgan fingerprint density at radius 2 is 1.91 bits per heavy atom. The lowest BCUT2D eigenvalue weighted by atomic mass is 9.93. The Balaban J connectivity index is 1.58. The number of primary amides is 1. The molecular formula is C25H31N3O2PS. The number of nitrogen functional groups attached to an aromatic ring is 1. The van der Waals surface area contributed by atoms with Crippen LogP contribution in [0.15, 0.2) is 53.9 Å². The van der Waals surface area contributed by atoms with Crippen molar-refractivity contribution in [2.75, 3.05) is 43.9 Å². The number of rotatable bonds is 7. The van der Waals surface area contributed by atoms with Crippen LogP contribution in [0.3, 0.4) is 0 Å². The highest BCUT2D eigenvalue weighted by Crippen LogP contribution is 2.55. The first-order valence-electron chi connectivity index (χ1n) is 11.1. The van der Waals surface area contributed by atoms with Gasteiger partial charge in [0.1, 0.15) is 0 Å². The predicted molar refractivity (Wildman–Crippen MR) is 138 cm³/mol. The fourth-order valence-corrected chi connectivity index (χ4v) is 7.17. The van der Waals surface area contributed by atoms with Crippen LogP contribution in [0.4, 0.5) is 5.69 Å². The summed E-state index contributed by atoms with van der Waals surface area (Å²) in [7, 11) is -1.68. The average Bonchev–Trinajstić information content (AvgIpc) is 3.34. The molecule has 0 atom stereocenters. The van der Waals surface area contributed by atoms with E-state index in [4.69, 9.17) is 11.5 Å². The maximum atomic E-state index is 12.2. The lowest BCUT2D eigenvalue weighted by Crippen LogP contribution is -2.38. The molecule has 0 unspecified atom stereocenters. The van der Waals surface area contributed by atoms with Gasteiger partial charge in [0.15, 0.2) is 0 Å². The number of thiophene rings is 1. The van der Waals surface area contributed by atoms with E-state index in [-0.39, 0.29) is 0 Å². The molecule has 2 heterocycles. The van der Waals surface area contributed by atoms with Crippen LogP contribution in [0, 0.1) is 0 Å². The molecule has 1 radical (unpaired) electrons. The largest absolute Gasteiger partial charge is 0.398 e. The van der Waals surface area contributed by atoms with E-state index in [1.165, 1.54) is 0 Å². The molecule has 5 nitrogen and oxygen atoms in total. The summed E-state index contributed by atoms with van der Waals surface area (Å²) >= 11 is 1.67. The quantitative estimate of drug-likeness (QED) is 0.350. The molecule has 0 aliphatic carbocycles. The van der Waals surface area contributed by atoms with Gasteiger partial charge in [-0.25, -0.2) is 0 Å². The number of benzene rings is 2. The zero-order valence-electron chi connectivity index (χ0n) is 18.5. The van der Waals surface area contributed by atoms with Crippen molar-refractivity contribution in [3.05, 3.63) is 65.0 Å². The second-order valence-electron chi connectivity index (χ2n) is 8.47. The van der Waals surface area contributed by atoms with Gasteiger partial charge in [0.05, 0.1) is 0 Å². The number of nitrogens with two attached hydrogens (primary N) is 2. The van der Waals surface area contributed by atoms with Crippen molar-refractivity contribution >= 4 is 30.4 Å². The van der Waals surface area contributed by atoms with Crippen LogP contribution in [0.5, 0.6) is 0 Å². The third-order valence-electron chi connectivity index (χ3n) is 6.47. The molecule has 1 fully saturated rings. The monoisotopic (exact) mass is 468 g/mol. The second-order valence-corrected chi connectivity index (χ2v) is 13.1. The summed E-state index contributed by atoms with van der Waals surface area (Å²) in [5, 5.41) is 2.05. The van der Waals surface area contributed by atoms with E-state index in [1.54, 1.807) is 11.3 Å². The van der Waals surface area contributed by atoms with E-state index in [9.17, 15) is 9.69 Å². The number of carbonyl (C=O) groups is 1. The summed E-state index contributed by atoms with van der Waals surface area (Å²) in [5.41, 5.74) is 17.0. The predicted octanol–water partition coefficient (Wildman–Crippen LogP) is 4.57. The Labute approximate surface area is 194 Å². The first-order chi connectivity index (χ1) is 15.4. The Kier molecular flexibility index (Phi) is 6.96. The fourth-order valence-electron chi connectivity index (χ4n) is 4.28. The van der Waals surface area contributed by atoms with Gasteiger partial charge in [-0.1, -0.05) is 31.2 Å². The van der Waals surface area contributed by atoms with Gasteiger partial charge in [-0.05, 0) is 78.7 Å². The smallest absolute Gasteiger partial charge is 0.249 e. The third-order valence-corrected chi connectivity index (χ3v) is 10.6. The van der Waals surface area contributed by atoms with Crippen LogP contribution in [0.2, 0.25) is 0 Å². The standard InChI is InChI=1S/C25H31N3O2PS/c1-2-31(30)13-11-28(12-14-31)10-9-18-5-7-20(25(27)29)21(16-18)22-17-19(6-8-23(22)26)24-4-3-15-32-24/h3-8,15-17,30H,2,9-14,26H2,1H3,(H2,27,29). The summed E-state index contributed by atoms with van der Waals surface area (Å²) in [6, 6.07) is 15.9. The molecule has 0 spiro atoms. The highest BCUT2D eigenvalue weighted by Gasteiger charge is 2.28. The Bertz CT molecular complexity index is 1090. The first kappa shape index (κ1) is 22.9. The molecule has 3 aromatic rings. The SMILES string of the molecule is CC[P]1(O)CCN(CCc2ccc(C(N)=O)c(-c3cc(-c4cccs4)ccc3N)c2)CC1. The summed E-state index contributed by atoms with van der Waals surface area (Å²) in [5.74, 6) is -0.452. The van der Waals surface area contributed by atoms with E-state index in [2.05, 4.69) is 24.0 Å². The maximum Gasteiger partial charge on any atom is 0.249 e. The molecule has 1 aromatic heterocycles. The molecule has 2 aromatic carbocycles. The van der Waals surface area contributed by atoms with Crippen LogP contribution < -0.4 is 11.5 Å². The zero-order valence-corrected chi connectivity index (χ0v) is 20.2. The molecular weight excluding hydrogens is 437 g/mol. The van der Waals surface area contributed by atoms with Gasteiger partial charge in [-0.15, -0.1) is 11.3 Å². The molecule has 32 heavy (non-hydrogen) atoms. The average molecular weight is 469 g/mol. The molecule has 4 rings (SSSR count). The molecule has 0 bridgehead atoms. The first-order valence-corrected chi connectivity index (χ1v) is 14.2. The van der Waals surface area contributed by atoms with Gasteiger partial charge in [-0.3, -0.25) is 4.79 Å². The molecule has 169 valence electrons. The van der Waals surface area contributed by atoms with Gasteiger partial charge in [0.2, 0.25) is 5.91 Å². The van der Waals surface area contributed by atoms with Crippen molar-refractivity contribution < 1.29 is 9.69 Å². The Hall–Kier alpha value is -2.24. The van der Waals surface area contributed by atoms with Gasteiger partial charge >= 0.3 is 0 Å². The summed E-state index contributed by atoms with van der Waals surface area (Å²) in [4.78, 5) is 26.3. The molecule has 7 heteroatoms. The van der Waals surface area contributed by atoms with Gasteiger partial charge in [0.25, 0.3) is 0 Å². The van der Waals surface area contributed by atoms with Crippen molar-refractivity contribution in [3.8, 4) is 21.6 Å². The third kappa shape index (κ3) is 5.05. The number of nitrogens with zero attached hydrogens (tertiary/aromatic N) is 1. The molecule has 0 saturated carbocycles. The second kappa shape index (κ2) is 9.72. The molecule has 5 N–H and O–H groups in total. The topological polar surface area (TPSA) is 92.6 Å². The van der Waals surface area contributed by atoms with E-state index in [0.29, 0.717) is 11.3 Å². The van der Waals surface area contributed by atoms with E-state index in [1.807, 2.05) is 41.8 Å². The number of amides is 1. The Morgan fingerprint density at radius 1 is 1.12 bits per heavy atom. The molecule has 1 saturated heterocycles. The highest BCUT2D eigenvalue weighted by molar-refractivity contribution is 7.70. The zero-order chi connectivity index (χ0) is 22.7. The molecule has 1 aliphatic heterocycles.